The lowest BCUT2D eigenvalue weighted by atomic mass is 10.1. The molecule has 0 radical (unpaired) electrons. The number of urea groups is 1. The molecule has 1 fully saturated rings. The minimum atomic E-state index is -0.411. The van der Waals surface area contributed by atoms with E-state index in [9.17, 15) is 9.18 Å². The molecule has 23 heavy (non-hydrogen) atoms. The summed E-state index contributed by atoms with van der Waals surface area (Å²) in [5, 5.41) is 6.31. The second kappa shape index (κ2) is 7.02. The molecule has 0 bridgehead atoms. The van der Waals surface area contributed by atoms with Crippen LogP contribution in [0.2, 0.25) is 5.02 Å². The molecular weight excluding hydrogens is 321 g/mol. The fourth-order valence-electron chi connectivity index (χ4n) is 2.46. The summed E-state index contributed by atoms with van der Waals surface area (Å²) in [7, 11) is 0. The summed E-state index contributed by atoms with van der Waals surface area (Å²) in [6, 6.07) is 8.00. The third-order valence-corrected chi connectivity index (χ3v) is 3.90. The molecule has 0 spiro atoms. The molecule has 5 nitrogen and oxygen atoms in total. The van der Waals surface area contributed by atoms with E-state index in [0.29, 0.717) is 48.3 Å². The van der Waals surface area contributed by atoms with Crippen molar-refractivity contribution in [3.8, 4) is 11.3 Å². The van der Waals surface area contributed by atoms with Gasteiger partial charge < -0.3 is 20.0 Å². The molecule has 2 heterocycles. The maximum Gasteiger partial charge on any atom is 0.317 e. The lowest BCUT2D eigenvalue weighted by molar-refractivity contribution is 0.217. The highest BCUT2D eigenvalue weighted by atomic mass is 35.5. The van der Waals surface area contributed by atoms with Gasteiger partial charge in [-0.05, 0) is 30.3 Å². The lowest BCUT2D eigenvalue weighted by Crippen LogP contribution is -2.34. The van der Waals surface area contributed by atoms with Crippen LogP contribution in [-0.2, 0) is 6.54 Å². The van der Waals surface area contributed by atoms with Crippen molar-refractivity contribution in [1.29, 1.82) is 0 Å². The van der Waals surface area contributed by atoms with Crippen molar-refractivity contribution >= 4 is 17.6 Å². The topological polar surface area (TPSA) is 57.5 Å². The van der Waals surface area contributed by atoms with E-state index in [1.54, 1.807) is 29.2 Å². The summed E-state index contributed by atoms with van der Waals surface area (Å²) in [4.78, 5) is 13.1. The van der Waals surface area contributed by atoms with Gasteiger partial charge >= 0.3 is 6.03 Å². The summed E-state index contributed by atoms with van der Waals surface area (Å²) in [5.74, 6) is 0.765. The van der Waals surface area contributed by atoms with Crippen LogP contribution >= 0.6 is 11.6 Å². The quantitative estimate of drug-likeness (QED) is 0.797. The Kier molecular flexibility index (Phi) is 4.83. The number of halogens is 2. The fraction of sp³-hybridized carbons (Fsp3) is 0.312. The highest BCUT2D eigenvalue weighted by Gasteiger charge is 2.18. The first-order valence-electron chi connectivity index (χ1n) is 7.41. The number of carbonyl (C=O) groups excluding carboxylic acids is 1. The van der Waals surface area contributed by atoms with E-state index in [1.807, 2.05) is 0 Å². The summed E-state index contributed by atoms with van der Waals surface area (Å²) in [5.41, 5.74) is 0.384. The monoisotopic (exact) mass is 337 g/mol. The van der Waals surface area contributed by atoms with Gasteiger partial charge in [-0.3, -0.25) is 0 Å². The molecule has 122 valence electrons. The summed E-state index contributed by atoms with van der Waals surface area (Å²) < 4.78 is 19.5. The van der Waals surface area contributed by atoms with Gasteiger partial charge in [0.2, 0.25) is 0 Å². The van der Waals surface area contributed by atoms with Crippen LogP contribution in [0.3, 0.4) is 0 Å². The van der Waals surface area contributed by atoms with Crippen molar-refractivity contribution in [1.82, 2.24) is 15.5 Å². The minimum Gasteiger partial charge on any atom is -0.460 e. The number of hydrogen-bond acceptors (Lipinski definition) is 3. The molecule has 0 atom stereocenters. The zero-order valence-corrected chi connectivity index (χ0v) is 13.2. The van der Waals surface area contributed by atoms with Gasteiger partial charge in [0.25, 0.3) is 0 Å². The molecule has 1 aliphatic heterocycles. The molecule has 2 amide bonds. The Morgan fingerprint density at radius 3 is 2.96 bits per heavy atom. The van der Waals surface area contributed by atoms with Crippen molar-refractivity contribution < 1.29 is 13.6 Å². The van der Waals surface area contributed by atoms with Crippen LogP contribution in [0.15, 0.2) is 34.7 Å². The van der Waals surface area contributed by atoms with E-state index in [2.05, 4.69) is 10.6 Å². The second-order valence-electron chi connectivity index (χ2n) is 5.29. The molecule has 1 aliphatic rings. The number of hydrogen-bond donors (Lipinski definition) is 2. The van der Waals surface area contributed by atoms with Crippen LogP contribution in [0.1, 0.15) is 5.76 Å². The molecule has 0 saturated carbocycles. The van der Waals surface area contributed by atoms with Gasteiger partial charge in [0.15, 0.2) is 0 Å². The van der Waals surface area contributed by atoms with Crippen LogP contribution in [0, 0.1) is 5.82 Å². The molecule has 0 aliphatic carbocycles. The van der Waals surface area contributed by atoms with Crippen molar-refractivity contribution in [2.45, 2.75) is 6.54 Å². The Bertz CT molecular complexity index is 704. The van der Waals surface area contributed by atoms with E-state index >= 15 is 0 Å². The molecular formula is C16H17ClFN3O2. The average Bonchev–Trinajstić information content (AvgIpc) is 3.13. The van der Waals surface area contributed by atoms with Gasteiger partial charge in [0.05, 0.1) is 12.1 Å². The lowest BCUT2D eigenvalue weighted by Gasteiger charge is -2.13. The van der Waals surface area contributed by atoms with E-state index in [4.69, 9.17) is 16.0 Å². The smallest absolute Gasteiger partial charge is 0.317 e. The molecule has 2 aromatic rings. The van der Waals surface area contributed by atoms with Gasteiger partial charge in [0.1, 0.15) is 17.3 Å². The van der Waals surface area contributed by atoms with Crippen LogP contribution in [0.5, 0.6) is 0 Å². The maximum absolute atomic E-state index is 13.9. The summed E-state index contributed by atoms with van der Waals surface area (Å²) >= 11 is 5.75. The van der Waals surface area contributed by atoms with Crippen molar-refractivity contribution in [2.24, 2.45) is 0 Å². The minimum absolute atomic E-state index is 0.0229. The zero-order chi connectivity index (χ0) is 16.2. The predicted molar refractivity (Wildman–Crippen MR) is 85.8 cm³/mol. The normalized spacial score (nSPS) is 14.3. The Morgan fingerprint density at radius 1 is 1.35 bits per heavy atom. The van der Waals surface area contributed by atoms with E-state index in [-0.39, 0.29) is 6.03 Å². The first kappa shape index (κ1) is 15.8. The second-order valence-corrected chi connectivity index (χ2v) is 5.72. The number of carbonyl (C=O) groups is 1. The molecule has 2 N–H and O–H groups in total. The third-order valence-electron chi connectivity index (χ3n) is 3.66. The highest BCUT2D eigenvalue weighted by Crippen LogP contribution is 2.27. The Labute approximate surface area is 138 Å². The third kappa shape index (κ3) is 3.83. The molecule has 7 heteroatoms. The highest BCUT2D eigenvalue weighted by molar-refractivity contribution is 6.30. The summed E-state index contributed by atoms with van der Waals surface area (Å²) in [6.45, 7) is 3.27. The number of nitrogens with one attached hydrogen (secondary N) is 2. The zero-order valence-electron chi connectivity index (χ0n) is 12.4. The Balaban J connectivity index is 1.52. The number of amides is 2. The standard InChI is InChI=1S/C16H17ClFN3O2/c17-11-1-3-13(14(18)9-11)15-4-2-12(23-15)10-19-5-7-21-8-6-20-16(21)22/h1-4,9,19H,5-8,10H2,(H,20,22). The maximum atomic E-state index is 13.9. The average molecular weight is 338 g/mol. The number of nitrogens with zero attached hydrogens (tertiary/aromatic N) is 1. The Morgan fingerprint density at radius 2 is 2.22 bits per heavy atom. The van der Waals surface area contributed by atoms with Crippen LogP contribution in [-0.4, -0.2) is 37.1 Å². The fourth-order valence-corrected chi connectivity index (χ4v) is 2.62. The van der Waals surface area contributed by atoms with Crippen molar-refractivity contribution in [3.05, 3.63) is 46.9 Å². The van der Waals surface area contributed by atoms with Crippen LogP contribution < -0.4 is 10.6 Å². The number of rotatable bonds is 6. The molecule has 0 unspecified atom stereocenters. The first-order chi connectivity index (χ1) is 11.1. The Hall–Kier alpha value is -2.05. The molecule has 1 aromatic carbocycles. The van der Waals surface area contributed by atoms with E-state index in [0.717, 1.165) is 6.54 Å². The molecule has 1 aromatic heterocycles. The van der Waals surface area contributed by atoms with Crippen LogP contribution in [0.4, 0.5) is 9.18 Å². The van der Waals surface area contributed by atoms with Gasteiger partial charge in [-0.15, -0.1) is 0 Å². The SMILES string of the molecule is O=C1NCCN1CCNCc1ccc(-c2ccc(Cl)cc2F)o1. The van der Waals surface area contributed by atoms with Gasteiger partial charge in [-0.1, -0.05) is 11.6 Å². The first-order valence-corrected chi connectivity index (χ1v) is 7.79. The number of benzene rings is 1. The molecule has 1 saturated heterocycles. The molecule has 3 rings (SSSR count). The van der Waals surface area contributed by atoms with E-state index in [1.165, 1.54) is 6.07 Å². The van der Waals surface area contributed by atoms with Gasteiger partial charge in [-0.2, -0.15) is 0 Å². The van der Waals surface area contributed by atoms with Crippen molar-refractivity contribution in [3.63, 3.8) is 0 Å². The van der Waals surface area contributed by atoms with Gasteiger partial charge in [0, 0.05) is 31.2 Å². The van der Waals surface area contributed by atoms with Crippen LogP contribution in [0.25, 0.3) is 11.3 Å². The predicted octanol–water partition coefficient (Wildman–Crippen LogP) is 2.85. The van der Waals surface area contributed by atoms with Crippen molar-refractivity contribution in [2.75, 3.05) is 26.2 Å². The van der Waals surface area contributed by atoms with E-state index < -0.39 is 5.82 Å². The summed E-state index contributed by atoms with van der Waals surface area (Å²) in [6.07, 6.45) is 0. The largest absolute Gasteiger partial charge is 0.460 e. The van der Waals surface area contributed by atoms with Gasteiger partial charge in [-0.25, -0.2) is 9.18 Å². The number of furan rings is 1.